The summed E-state index contributed by atoms with van der Waals surface area (Å²) in [5.41, 5.74) is 1.01. The van der Waals surface area contributed by atoms with Gasteiger partial charge in [0.1, 0.15) is 0 Å². The van der Waals surface area contributed by atoms with Crippen molar-refractivity contribution in [3.8, 4) is 0 Å². The number of carbonyl (C=O) groups excluding carboxylic acids is 1. The maximum atomic E-state index is 12.0. The van der Waals surface area contributed by atoms with Gasteiger partial charge in [0.25, 0.3) is 0 Å². The van der Waals surface area contributed by atoms with Crippen molar-refractivity contribution in [1.29, 1.82) is 0 Å². The van der Waals surface area contributed by atoms with Crippen LogP contribution in [0.25, 0.3) is 0 Å². The van der Waals surface area contributed by atoms with E-state index in [-0.39, 0.29) is 12.1 Å². The molecule has 0 bridgehead atoms. The van der Waals surface area contributed by atoms with Gasteiger partial charge in [0.05, 0.1) is 4.90 Å². The van der Waals surface area contributed by atoms with Crippen LogP contribution in [0.5, 0.6) is 0 Å². The molecule has 1 unspecified atom stereocenters. The number of hydrogen-bond donors (Lipinski definition) is 1. The van der Waals surface area contributed by atoms with Crippen molar-refractivity contribution in [2.24, 2.45) is 5.92 Å². The van der Waals surface area contributed by atoms with Crippen LogP contribution in [0.3, 0.4) is 0 Å². The van der Waals surface area contributed by atoms with E-state index in [1.807, 2.05) is 7.05 Å². The number of sulfone groups is 1. The monoisotopic (exact) mass is 324 g/mol. The summed E-state index contributed by atoms with van der Waals surface area (Å²) >= 11 is 0. The summed E-state index contributed by atoms with van der Waals surface area (Å²) in [6, 6.07) is 7.03. The lowest BCUT2D eigenvalue weighted by Crippen LogP contribution is -2.43. The molecule has 1 atom stereocenters. The van der Waals surface area contributed by atoms with Gasteiger partial charge in [-0.3, -0.25) is 0 Å². The molecule has 1 aromatic rings. The maximum absolute atomic E-state index is 12.0. The Hall–Kier alpha value is -1.56. The SMILES string of the molecule is CC(C1CC1)N(C)C(=O)NCCc1ccc(S(C)(=O)=O)cc1. The Balaban J connectivity index is 1.79. The lowest BCUT2D eigenvalue weighted by molar-refractivity contribution is 0.188. The minimum atomic E-state index is -3.15. The Kier molecular flexibility index (Phi) is 5.11. The van der Waals surface area contributed by atoms with Crippen LogP contribution in [0.4, 0.5) is 4.79 Å². The summed E-state index contributed by atoms with van der Waals surface area (Å²) in [5.74, 6) is 0.652. The van der Waals surface area contributed by atoms with Gasteiger partial charge in [0.15, 0.2) is 9.84 Å². The van der Waals surface area contributed by atoms with E-state index in [0.29, 0.717) is 23.8 Å². The zero-order valence-corrected chi connectivity index (χ0v) is 14.2. The largest absolute Gasteiger partial charge is 0.338 e. The zero-order chi connectivity index (χ0) is 16.3. The average Bonchev–Trinajstić information content (AvgIpc) is 3.29. The summed E-state index contributed by atoms with van der Waals surface area (Å²) < 4.78 is 22.8. The van der Waals surface area contributed by atoms with E-state index < -0.39 is 9.84 Å². The van der Waals surface area contributed by atoms with Gasteiger partial charge in [-0.25, -0.2) is 13.2 Å². The molecule has 1 fully saturated rings. The van der Waals surface area contributed by atoms with E-state index in [0.717, 1.165) is 5.56 Å². The normalized spacial score (nSPS) is 16.1. The molecule has 1 N–H and O–H groups in total. The predicted octanol–water partition coefficient (Wildman–Crippen LogP) is 2.07. The van der Waals surface area contributed by atoms with Crippen molar-refractivity contribution < 1.29 is 13.2 Å². The number of rotatable bonds is 6. The Morgan fingerprint density at radius 2 is 1.91 bits per heavy atom. The van der Waals surface area contributed by atoms with Crippen molar-refractivity contribution in [2.75, 3.05) is 19.8 Å². The third-order valence-corrected chi connectivity index (χ3v) is 5.41. The first-order chi connectivity index (χ1) is 10.3. The molecule has 1 saturated carbocycles. The summed E-state index contributed by atoms with van der Waals surface area (Å²) in [4.78, 5) is 14.1. The standard InChI is InChI=1S/C16H24N2O3S/c1-12(14-6-7-14)18(2)16(19)17-11-10-13-4-8-15(9-5-13)22(3,20)21/h4-5,8-9,12,14H,6-7,10-11H2,1-3H3,(H,17,19). The zero-order valence-electron chi connectivity index (χ0n) is 13.4. The molecule has 1 aliphatic rings. The van der Waals surface area contributed by atoms with E-state index in [1.54, 1.807) is 29.2 Å². The number of carbonyl (C=O) groups is 1. The first kappa shape index (κ1) is 16.8. The summed E-state index contributed by atoms with van der Waals surface area (Å²) in [5, 5.41) is 2.91. The van der Waals surface area contributed by atoms with Gasteiger partial charge < -0.3 is 10.2 Å². The quantitative estimate of drug-likeness (QED) is 0.871. The number of urea groups is 1. The van der Waals surface area contributed by atoms with E-state index in [9.17, 15) is 13.2 Å². The second-order valence-electron chi connectivity index (χ2n) is 6.09. The molecule has 2 rings (SSSR count). The third kappa shape index (κ3) is 4.47. The first-order valence-electron chi connectivity index (χ1n) is 7.58. The van der Waals surface area contributed by atoms with Crippen LogP contribution in [0.15, 0.2) is 29.2 Å². The predicted molar refractivity (Wildman–Crippen MR) is 86.6 cm³/mol. The van der Waals surface area contributed by atoms with Crippen LogP contribution in [-0.2, 0) is 16.3 Å². The molecule has 5 nitrogen and oxygen atoms in total. The Bertz CT molecular complexity index is 621. The second kappa shape index (κ2) is 6.69. The molecule has 0 aliphatic heterocycles. The highest BCUT2D eigenvalue weighted by molar-refractivity contribution is 7.90. The molecule has 0 saturated heterocycles. The summed E-state index contributed by atoms with van der Waals surface area (Å²) in [7, 11) is -1.32. The van der Waals surface area contributed by atoms with Crippen LogP contribution in [-0.4, -0.2) is 45.2 Å². The lowest BCUT2D eigenvalue weighted by atomic mass is 10.1. The highest BCUT2D eigenvalue weighted by Gasteiger charge is 2.32. The minimum absolute atomic E-state index is 0.0489. The maximum Gasteiger partial charge on any atom is 0.317 e. The van der Waals surface area contributed by atoms with Crippen molar-refractivity contribution in [3.63, 3.8) is 0 Å². The average molecular weight is 324 g/mol. The van der Waals surface area contributed by atoms with Gasteiger partial charge >= 0.3 is 6.03 Å². The second-order valence-corrected chi connectivity index (χ2v) is 8.10. The first-order valence-corrected chi connectivity index (χ1v) is 9.48. The molecular formula is C16H24N2O3S. The molecule has 0 spiro atoms. The Morgan fingerprint density at radius 1 is 1.32 bits per heavy atom. The Labute approximate surface area is 132 Å². The molecule has 0 heterocycles. The van der Waals surface area contributed by atoms with Gasteiger partial charge in [-0.15, -0.1) is 0 Å². The number of benzene rings is 1. The molecule has 2 amide bonds. The number of nitrogens with one attached hydrogen (secondary N) is 1. The van der Waals surface area contributed by atoms with Gasteiger partial charge in [-0.2, -0.15) is 0 Å². The fourth-order valence-corrected chi connectivity index (χ4v) is 3.05. The molecule has 1 aromatic carbocycles. The molecule has 122 valence electrons. The van der Waals surface area contributed by atoms with Crippen LogP contribution >= 0.6 is 0 Å². The van der Waals surface area contributed by atoms with E-state index in [4.69, 9.17) is 0 Å². The molecule has 0 radical (unpaired) electrons. The van der Waals surface area contributed by atoms with Gasteiger partial charge in [-0.05, 0) is 49.8 Å². The molecule has 22 heavy (non-hydrogen) atoms. The summed E-state index contributed by atoms with van der Waals surface area (Å²) in [6.07, 6.45) is 4.30. The fourth-order valence-electron chi connectivity index (χ4n) is 2.42. The number of hydrogen-bond acceptors (Lipinski definition) is 3. The van der Waals surface area contributed by atoms with Gasteiger partial charge in [-0.1, -0.05) is 12.1 Å². The Morgan fingerprint density at radius 3 is 2.41 bits per heavy atom. The van der Waals surface area contributed by atoms with Crippen LogP contribution in [0.2, 0.25) is 0 Å². The molecule has 1 aliphatic carbocycles. The van der Waals surface area contributed by atoms with E-state index >= 15 is 0 Å². The number of nitrogens with zero attached hydrogens (tertiary/aromatic N) is 1. The van der Waals surface area contributed by atoms with Crippen molar-refractivity contribution in [2.45, 2.75) is 37.1 Å². The fraction of sp³-hybridized carbons (Fsp3) is 0.562. The highest BCUT2D eigenvalue weighted by Crippen LogP contribution is 2.34. The van der Waals surface area contributed by atoms with Gasteiger partial charge in [0, 0.05) is 25.9 Å². The summed E-state index contributed by atoms with van der Waals surface area (Å²) in [6.45, 7) is 2.62. The van der Waals surface area contributed by atoms with Crippen LogP contribution in [0, 0.1) is 5.92 Å². The van der Waals surface area contributed by atoms with Crippen molar-refractivity contribution >= 4 is 15.9 Å². The molecular weight excluding hydrogens is 300 g/mol. The molecule has 6 heteroatoms. The van der Waals surface area contributed by atoms with Gasteiger partial charge in [0.2, 0.25) is 0 Å². The van der Waals surface area contributed by atoms with Crippen LogP contribution in [0.1, 0.15) is 25.3 Å². The molecule has 0 aromatic heterocycles. The van der Waals surface area contributed by atoms with Crippen molar-refractivity contribution in [3.05, 3.63) is 29.8 Å². The lowest BCUT2D eigenvalue weighted by Gasteiger charge is -2.25. The third-order valence-electron chi connectivity index (χ3n) is 4.28. The van der Waals surface area contributed by atoms with Crippen molar-refractivity contribution in [1.82, 2.24) is 10.2 Å². The number of amides is 2. The highest BCUT2D eigenvalue weighted by atomic mass is 32.2. The van der Waals surface area contributed by atoms with E-state index in [2.05, 4.69) is 12.2 Å². The topological polar surface area (TPSA) is 66.5 Å². The smallest absolute Gasteiger partial charge is 0.317 e. The minimum Gasteiger partial charge on any atom is -0.338 e. The van der Waals surface area contributed by atoms with Crippen LogP contribution < -0.4 is 5.32 Å². The van der Waals surface area contributed by atoms with E-state index in [1.165, 1.54) is 19.1 Å².